The average Bonchev–Trinajstić information content (AvgIpc) is 2.51. The van der Waals surface area contributed by atoms with E-state index in [2.05, 4.69) is 9.72 Å². The average molecular weight is 183 g/mol. The molecule has 0 aliphatic carbocycles. The minimum atomic E-state index is -0.396. The van der Waals surface area contributed by atoms with Crippen molar-refractivity contribution in [2.24, 2.45) is 12.8 Å². The van der Waals surface area contributed by atoms with Crippen molar-refractivity contribution >= 4 is 5.97 Å². The van der Waals surface area contributed by atoms with Crippen molar-refractivity contribution in [3.8, 4) is 0 Å². The summed E-state index contributed by atoms with van der Waals surface area (Å²) in [5.74, 6) is 0.362. The quantitative estimate of drug-likeness (QED) is 0.669. The topological polar surface area (TPSA) is 70.1 Å². The van der Waals surface area contributed by atoms with E-state index < -0.39 is 6.04 Å². The lowest BCUT2D eigenvalue weighted by Gasteiger charge is -2.09. The Morgan fingerprint density at radius 3 is 3.00 bits per heavy atom. The zero-order valence-corrected chi connectivity index (χ0v) is 7.73. The van der Waals surface area contributed by atoms with Crippen molar-refractivity contribution < 1.29 is 9.53 Å². The summed E-state index contributed by atoms with van der Waals surface area (Å²) >= 11 is 0. The van der Waals surface area contributed by atoms with Gasteiger partial charge in [0, 0.05) is 19.4 Å². The zero-order chi connectivity index (χ0) is 9.84. The van der Waals surface area contributed by atoms with Gasteiger partial charge in [0.1, 0.15) is 5.82 Å². The van der Waals surface area contributed by atoms with Crippen LogP contribution in [0.5, 0.6) is 0 Å². The van der Waals surface area contributed by atoms with Crippen LogP contribution in [0, 0.1) is 0 Å². The molecule has 0 fully saturated rings. The highest BCUT2D eigenvalue weighted by Crippen LogP contribution is 2.10. The third kappa shape index (κ3) is 2.29. The molecule has 5 heteroatoms. The van der Waals surface area contributed by atoms with Gasteiger partial charge in [0.2, 0.25) is 0 Å². The minimum absolute atomic E-state index is 0.154. The van der Waals surface area contributed by atoms with Crippen molar-refractivity contribution in [3.05, 3.63) is 18.2 Å². The van der Waals surface area contributed by atoms with Gasteiger partial charge in [-0.25, -0.2) is 4.98 Å². The normalized spacial score (nSPS) is 12.5. The number of nitrogens with zero attached hydrogens (tertiary/aromatic N) is 2. The molecular weight excluding hydrogens is 170 g/mol. The molecule has 0 aliphatic rings. The summed E-state index contributed by atoms with van der Waals surface area (Å²) < 4.78 is 6.29. The molecule has 72 valence electrons. The first-order valence-corrected chi connectivity index (χ1v) is 3.94. The Bertz CT molecular complexity index is 295. The standard InChI is InChI=1S/C8H13N3O2/c1-11-4-3-10-8(11)6(9)5-7(12)13-2/h3-4,6H,5,9H2,1-2H3/t6-/m0/s1. The number of esters is 1. The lowest BCUT2D eigenvalue weighted by atomic mass is 10.2. The van der Waals surface area contributed by atoms with Gasteiger partial charge >= 0.3 is 5.97 Å². The van der Waals surface area contributed by atoms with Gasteiger partial charge in [-0.05, 0) is 0 Å². The van der Waals surface area contributed by atoms with Gasteiger partial charge in [-0.1, -0.05) is 0 Å². The first-order valence-electron chi connectivity index (χ1n) is 3.94. The summed E-state index contributed by atoms with van der Waals surface area (Å²) in [5, 5.41) is 0. The second-order valence-corrected chi connectivity index (χ2v) is 2.78. The maximum atomic E-state index is 10.9. The molecule has 0 saturated carbocycles. The van der Waals surface area contributed by atoms with Crippen LogP contribution in [-0.2, 0) is 16.6 Å². The fourth-order valence-electron chi connectivity index (χ4n) is 1.09. The van der Waals surface area contributed by atoms with Gasteiger partial charge in [-0.15, -0.1) is 0 Å². The SMILES string of the molecule is COC(=O)C[C@H](N)c1nccn1C. The molecule has 0 saturated heterocycles. The zero-order valence-electron chi connectivity index (χ0n) is 7.73. The highest BCUT2D eigenvalue weighted by Gasteiger charge is 2.15. The molecule has 1 heterocycles. The number of hydrogen-bond acceptors (Lipinski definition) is 4. The number of methoxy groups -OCH3 is 1. The molecule has 1 rings (SSSR count). The van der Waals surface area contributed by atoms with Crippen LogP contribution >= 0.6 is 0 Å². The Kier molecular flexibility index (Phi) is 3.02. The number of carbonyl (C=O) groups is 1. The van der Waals surface area contributed by atoms with Gasteiger partial charge in [0.15, 0.2) is 0 Å². The Labute approximate surface area is 76.5 Å². The molecule has 0 radical (unpaired) electrons. The maximum Gasteiger partial charge on any atom is 0.307 e. The fourth-order valence-corrected chi connectivity index (χ4v) is 1.09. The number of aromatic nitrogens is 2. The van der Waals surface area contributed by atoms with E-state index in [0.717, 1.165) is 0 Å². The molecular formula is C8H13N3O2. The van der Waals surface area contributed by atoms with Crippen LogP contribution in [0.2, 0.25) is 0 Å². The third-order valence-corrected chi connectivity index (χ3v) is 1.80. The summed E-state index contributed by atoms with van der Waals surface area (Å²) in [7, 11) is 3.17. The summed E-state index contributed by atoms with van der Waals surface area (Å²) in [6, 6.07) is -0.396. The minimum Gasteiger partial charge on any atom is -0.469 e. The van der Waals surface area contributed by atoms with Gasteiger partial charge in [0.25, 0.3) is 0 Å². The second-order valence-electron chi connectivity index (χ2n) is 2.78. The number of ether oxygens (including phenoxy) is 1. The molecule has 0 unspecified atom stereocenters. The van der Waals surface area contributed by atoms with Crippen LogP contribution in [0.15, 0.2) is 12.4 Å². The van der Waals surface area contributed by atoms with Crippen LogP contribution < -0.4 is 5.73 Å². The van der Waals surface area contributed by atoms with Gasteiger partial charge in [0.05, 0.1) is 19.6 Å². The highest BCUT2D eigenvalue weighted by atomic mass is 16.5. The molecule has 0 amide bonds. The van der Waals surface area contributed by atoms with Gasteiger partial charge < -0.3 is 15.0 Å². The van der Waals surface area contributed by atoms with Crippen LogP contribution in [-0.4, -0.2) is 22.6 Å². The monoisotopic (exact) mass is 183 g/mol. The molecule has 1 aromatic heterocycles. The number of nitrogens with two attached hydrogens (primary N) is 1. The molecule has 1 aromatic rings. The van der Waals surface area contributed by atoms with Crippen molar-refractivity contribution in [1.29, 1.82) is 0 Å². The van der Waals surface area contributed by atoms with E-state index in [0.29, 0.717) is 5.82 Å². The first-order chi connectivity index (χ1) is 6.15. The Morgan fingerprint density at radius 2 is 2.54 bits per heavy atom. The number of rotatable bonds is 3. The number of hydrogen-bond donors (Lipinski definition) is 1. The van der Waals surface area contributed by atoms with Crippen LogP contribution in [0.1, 0.15) is 18.3 Å². The summed E-state index contributed by atoms with van der Waals surface area (Å²) in [4.78, 5) is 14.9. The molecule has 0 spiro atoms. The van der Waals surface area contributed by atoms with E-state index in [9.17, 15) is 4.79 Å². The van der Waals surface area contributed by atoms with Gasteiger partial charge in [-0.3, -0.25) is 4.79 Å². The third-order valence-electron chi connectivity index (χ3n) is 1.80. The van der Waals surface area contributed by atoms with E-state index in [1.807, 2.05) is 7.05 Å². The van der Waals surface area contributed by atoms with E-state index >= 15 is 0 Å². The molecule has 1 atom stereocenters. The lowest BCUT2D eigenvalue weighted by Crippen LogP contribution is -2.19. The van der Waals surface area contributed by atoms with Crippen LogP contribution in [0.3, 0.4) is 0 Å². The van der Waals surface area contributed by atoms with Crippen molar-refractivity contribution in [2.45, 2.75) is 12.5 Å². The lowest BCUT2D eigenvalue weighted by molar-refractivity contribution is -0.141. The summed E-state index contributed by atoms with van der Waals surface area (Å²) in [6.45, 7) is 0. The van der Waals surface area contributed by atoms with E-state index in [1.165, 1.54) is 7.11 Å². The first kappa shape index (κ1) is 9.73. The summed E-state index contributed by atoms with van der Waals surface area (Å²) in [5.41, 5.74) is 5.73. The number of imidazole rings is 1. The van der Waals surface area contributed by atoms with Crippen LogP contribution in [0.4, 0.5) is 0 Å². The predicted molar refractivity (Wildman–Crippen MR) is 46.8 cm³/mol. The summed E-state index contributed by atoms with van der Waals surface area (Å²) in [6.07, 6.45) is 3.58. The second kappa shape index (κ2) is 4.04. The number of carbonyl (C=O) groups excluding carboxylic acids is 1. The van der Waals surface area contributed by atoms with Crippen molar-refractivity contribution in [3.63, 3.8) is 0 Å². The molecule has 0 aliphatic heterocycles. The Morgan fingerprint density at radius 1 is 1.85 bits per heavy atom. The maximum absolute atomic E-state index is 10.9. The largest absolute Gasteiger partial charge is 0.469 e. The predicted octanol–water partition coefficient (Wildman–Crippen LogP) is -0.0170. The van der Waals surface area contributed by atoms with E-state index in [4.69, 9.17) is 5.73 Å². The van der Waals surface area contributed by atoms with Crippen molar-refractivity contribution in [2.75, 3.05) is 7.11 Å². The van der Waals surface area contributed by atoms with Crippen LogP contribution in [0.25, 0.3) is 0 Å². The van der Waals surface area contributed by atoms with Gasteiger partial charge in [-0.2, -0.15) is 0 Å². The van der Waals surface area contributed by atoms with E-state index in [1.54, 1.807) is 17.0 Å². The smallest absolute Gasteiger partial charge is 0.307 e. The fraction of sp³-hybridized carbons (Fsp3) is 0.500. The Balaban J connectivity index is 2.63. The highest BCUT2D eigenvalue weighted by molar-refractivity contribution is 5.70. The molecule has 2 N–H and O–H groups in total. The van der Waals surface area contributed by atoms with E-state index in [-0.39, 0.29) is 12.4 Å². The number of aryl methyl sites for hydroxylation is 1. The Hall–Kier alpha value is -1.36. The van der Waals surface area contributed by atoms with Crippen molar-refractivity contribution in [1.82, 2.24) is 9.55 Å². The molecule has 5 nitrogen and oxygen atoms in total. The molecule has 0 bridgehead atoms. The molecule has 0 aromatic carbocycles. The molecule has 13 heavy (non-hydrogen) atoms.